The molecule has 0 atom stereocenters. The molecule has 0 radical (unpaired) electrons. The zero-order valence-corrected chi connectivity index (χ0v) is 35.9. The van der Waals surface area contributed by atoms with Crippen molar-refractivity contribution in [1.82, 2.24) is 9.55 Å². The maximum absolute atomic E-state index is 15.5. The lowest BCUT2D eigenvalue weighted by Crippen LogP contribution is -2.24. The van der Waals surface area contributed by atoms with Crippen LogP contribution in [0.4, 0.5) is 22.7 Å². The predicted molar refractivity (Wildman–Crippen MR) is 245 cm³/mol. The number of rotatable bonds is 6. The zero-order valence-electron chi connectivity index (χ0n) is 35.1. The quantitative estimate of drug-likeness (QED) is 0.168. The minimum Gasteiger partial charge on any atom is -0.321 e. The van der Waals surface area contributed by atoms with Gasteiger partial charge in [0.1, 0.15) is 12.5 Å². The van der Waals surface area contributed by atoms with Crippen LogP contribution in [0.1, 0.15) is 63.8 Å². The van der Waals surface area contributed by atoms with Gasteiger partial charge < -0.3 is 9.80 Å². The second-order valence-corrected chi connectivity index (χ2v) is 19.9. The second kappa shape index (κ2) is 14.0. The molecule has 0 saturated heterocycles. The second-order valence-electron chi connectivity index (χ2n) is 18.0. The van der Waals surface area contributed by atoms with Crippen LogP contribution in [0.3, 0.4) is 0 Å². The van der Waals surface area contributed by atoms with E-state index < -0.39 is 9.84 Å². The van der Waals surface area contributed by atoms with Gasteiger partial charge in [-0.3, -0.25) is 4.57 Å². The number of aryl methyl sites for hydroxylation is 2. The number of nitrogens with zero attached hydrogens (tertiary/aromatic N) is 4. The highest BCUT2D eigenvalue weighted by atomic mass is 32.2. The van der Waals surface area contributed by atoms with E-state index in [1.165, 1.54) is 11.1 Å². The molecule has 0 unspecified atom stereocenters. The van der Waals surface area contributed by atoms with E-state index in [0.29, 0.717) is 6.67 Å². The summed E-state index contributed by atoms with van der Waals surface area (Å²) >= 11 is 0. The Morgan fingerprint density at radius 3 is 1.81 bits per heavy atom. The average Bonchev–Trinajstić information content (AvgIpc) is 3.76. The number of fused-ring (bicyclic) bond motifs is 4. The molecular formula is C52H50N4O2S. The molecule has 6 aromatic carbocycles. The molecule has 2 aromatic heterocycles. The Kier molecular flexibility index (Phi) is 9.09. The summed E-state index contributed by atoms with van der Waals surface area (Å²) in [6, 6.07) is 47.1. The first kappa shape index (κ1) is 38.3. The molecule has 0 aliphatic carbocycles. The summed E-state index contributed by atoms with van der Waals surface area (Å²) < 4.78 is 33.2. The van der Waals surface area contributed by atoms with Crippen molar-refractivity contribution < 1.29 is 8.42 Å². The van der Waals surface area contributed by atoms with Crippen LogP contribution in [0, 0.1) is 13.8 Å². The van der Waals surface area contributed by atoms with Crippen LogP contribution >= 0.6 is 0 Å². The smallest absolute Gasteiger partial charge is 0.206 e. The molecule has 59 heavy (non-hydrogen) atoms. The average molecular weight is 795 g/mol. The van der Waals surface area contributed by atoms with Crippen LogP contribution in [0.25, 0.3) is 38.8 Å². The van der Waals surface area contributed by atoms with Crippen LogP contribution in [-0.4, -0.2) is 24.6 Å². The van der Waals surface area contributed by atoms with Gasteiger partial charge in [-0.05, 0) is 131 Å². The maximum atomic E-state index is 15.5. The molecule has 0 spiro atoms. The summed E-state index contributed by atoms with van der Waals surface area (Å²) in [5.74, 6) is 0.746. The standard InChI is InChI=1S/C52H50N4O2S/c1-34-25-46-47(26-35(34)2)55(33-54(46)39-19-13-10-14-20-39)40-27-38(52(6,7)8)28-41(30-40)59(57,58)42-31-44(36-17-11-9-12-18-36)50-43-21-15-16-22-45(43)56(48(50)32-42)49-29-37(23-24-53-49)51(3,4)5/h9-32H,33H2,1-8H3. The molecule has 7 heteroatoms. The van der Waals surface area contributed by atoms with E-state index in [9.17, 15) is 0 Å². The van der Waals surface area contributed by atoms with Crippen LogP contribution in [0.15, 0.2) is 156 Å². The number of hydrogen-bond acceptors (Lipinski definition) is 5. The Morgan fingerprint density at radius 1 is 0.559 bits per heavy atom. The highest BCUT2D eigenvalue weighted by Crippen LogP contribution is 2.47. The van der Waals surface area contributed by atoms with Gasteiger partial charge >= 0.3 is 0 Å². The van der Waals surface area contributed by atoms with Gasteiger partial charge in [-0.2, -0.15) is 0 Å². The monoisotopic (exact) mass is 794 g/mol. The van der Waals surface area contributed by atoms with Gasteiger partial charge in [0.25, 0.3) is 0 Å². The Hall–Kier alpha value is -6.18. The molecule has 0 fully saturated rings. The summed E-state index contributed by atoms with van der Waals surface area (Å²) in [6.45, 7) is 17.8. The Bertz CT molecular complexity index is 3030. The Balaban J connectivity index is 1.29. The molecular weight excluding hydrogens is 745 g/mol. The number of para-hydroxylation sites is 2. The molecule has 0 bridgehead atoms. The third kappa shape index (κ3) is 6.67. The minimum absolute atomic E-state index is 0.110. The number of anilines is 4. The van der Waals surface area contributed by atoms with Crippen LogP contribution in [0.5, 0.6) is 0 Å². The van der Waals surface area contributed by atoms with E-state index in [0.717, 1.165) is 72.6 Å². The number of sulfone groups is 1. The van der Waals surface area contributed by atoms with Gasteiger partial charge in [0.05, 0.1) is 32.2 Å². The predicted octanol–water partition coefficient (Wildman–Crippen LogP) is 13.1. The maximum Gasteiger partial charge on any atom is 0.206 e. The summed E-state index contributed by atoms with van der Waals surface area (Å²) in [7, 11) is -4.10. The van der Waals surface area contributed by atoms with E-state index in [-0.39, 0.29) is 20.6 Å². The summed E-state index contributed by atoms with van der Waals surface area (Å²) in [5, 5.41) is 2.02. The number of pyridine rings is 1. The molecule has 0 amide bonds. The molecule has 296 valence electrons. The highest BCUT2D eigenvalue weighted by molar-refractivity contribution is 7.91. The number of aromatic nitrogens is 2. The first-order chi connectivity index (χ1) is 28.1. The van der Waals surface area contributed by atoms with Crippen LogP contribution in [0.2, 0.25) is 0 Å². The largest absolute Gasteiger partial charge is 0.321 e. The van der Waals surface area contributed by atoms with Crippen molar-refractivity contribution in [2.24, 2.45) is 0 Å². The summed E-state index contributed by atoms with van der Waals surface area (Å²) in [4.78, 5) is 9.96. The molecule has 6 nitrogen and oxygen atoms in total. The normalized spacial score (nSPS) is 13.4. The van der Waals surface area contributed by atoms with Gasteiger partial charge in [0.15, 0.2) is 0 Å². The Labute approximate surface area is 348 Å². The van der Waals surface area contributed by atoms with E-state index in [2.05, 4.69) is 149 Å². The van der Waals surface area contributed by atoms with Gasteiger partial charge in [0, 0.05) is 28.3 Å². The van der Waals surface area contributed by atoms with Crippen molar-refractivity contribution in [1.29, 1.82) is 0 Å². The lowest BCUT2D eigenvalue weighted by molar-refractivity contribution is 0.583. The van der Waals surface area contributed by atoms with Crippen molar-refractivity contribution in [2.75, 3.05) is 16.5 Å². The third-order valence-corrected chi connectivity index (χ3v) is 13.6. The van der Waals surface area contributed by atoms with Crippen molar-refractivity contribution >= 4 is 54.4 Å². The molecule has 1 aliphatic rings. The minimum atomic E-state index is -4.10. The van der Waals surface area contributed by atoms with Crippen molar-refractivity contribution in [3.8, 4) is 16.9 Å². The van der Waals surface area contributed by atoms with Crippen molar-refractivity contribution in [3.63, 3.8) is 0 Å². The van der Waals surface area contributed by atoms with E-state index in [1.54, 1.807) is 0 Å². The van der Waals surface area contributed by atoms with E-state index in [4.69, 9.17) is 4.98 Å². The fourth-order valence-electron chi connectivity index (χ4n) is 8.35. The number of benzene rings is 6. The zero-order chi connectivity index (χ0) is 41.4. The first-order valence-corrected chi connectivity index (χ1v) is 21.8. The van der Waals surface area contributed by atoms with Crippen molar-refractivity contribution in [3.05, 3.63) is 168 Å². The highest BCUT2D eigenvalue weighted by Gasteiger charge is 2.32. The van der Waals surface area contributed by atoms with Crippen LogP contribution < -0.4 is 9.80 Å². The number of hydrogen-bond donors (Lipinski definition) is 0. The topological polar surface area (TPSA) is 58.4 Å². The molecule has 1 aliphatic heterocycles. The lowest BCUT2D eigenvalue weighted by Gasteiger charge is -2.26. The fraction of sp³-hybridized carbons (Fsp3) is 0.212. The fourth-order valence-corrected chi connectivity index (χ4v) is 9.72. The Morgan fingerprint density at radius 2 is 1.15 bits per heavy atom. The summed E-state index contributed by atoms with van der Waals surface area (Å²) in [5.41, 5.74) is 11.6. The van der Waals surface area contributed by atoms with E-state index in [1.807, 2.05) is 66.9 Å². The third-order valence-electron chi connectivity index (χ3n) is 11.9. The molecule has 8 aromatic rings. The van der Waals surface area contributed by atoms with Gasteiger partial charge in [0.2, 0.25) is 9.84 Å². The SMILES string of the molecule is Cc1cc2c(cc1C)N(c1cc(C(C)(C)C)cc(S(=O)(=O)c3cc(-c4ccccc4)c4c5ccccc5n(-c5cc(C(C)(C)C)ccn5)c4c3)c1)CN2c1ccccc1. The van der Waals surface area contributed by atoms with Crippen LogP contribution in [-0.2, 0) is 20.7 Å². The molecule has 0 N–H and O–H groups in total. The molecule has 3 heterocycles. The lowest BCUT2D eigenvalue weighted by atomic mass is 9.87. The molecule has 0 saturated carbocycles. The van der Waals surface area contributed by atoms with Crippen molar-refractivity contribution in [2.45, 2.75) is 76.0 Å². The van der Waals surface area contributed by atoms with Gasteiger partial charge in [-0.25, -0.2) is 13.4 Å². The van der Waals surface area contributed by atoms with Gasteiger partial charge in [-0.15, -0.1) is 0 Å². The first-order valence-electron chi connectivity index (χ1n) is 20.3. The van der Waals surface area contributed by atoms with E-state index >= 15 is 8.42 Å². The van der Waals surface area contributed by atoms with Gasteiger partial charge in [-0.1, -0.05) is 108 Å². The summed E-state index contributed by atoms with van der Waals surface area (Å²) in [6.07, 6.45) is 1.85. The molecule has 9 rings (SSSR count).